The van der Waals surface area contributed by atoms with Crippen LogP contribution in [0.5, 0.6) is 0 Å². The molecule has 2 rings (SSSR count). The van der Waals surface area contributed by atoms with Gasteiger partial charge in [0.05, 0.1) is 12.1 Å². The van der Waals surface area contributed by atoms with E-state index in [1.54, 1.807) is 7.05 Å². The minimum atomic E-state index is -0.114. The Morgan fingerprint density at radius 2 is 1.76 bits per heavy atom. The van der Waals surface area contributed by atoms with Crippen molar-refractivity contribution in [2.45, 2.75) is 73.9 Å². The Hall–Kier alpha value is -1.52. The van der Waals surface area contributed by atoms with E-state index in [9.17, 15) is 4.79 Å². The van der Waals surface area contributed by atoms with E-state index >= 15 is 0 Å². The molecular formula is C20H36N4O. The predicted molar refractivity (Wildman–Crippen MR) is 105 cm³/mol. The highest BCUT2D eigenvalue weighted by atomic mass is 16.2. The summed E-state index contributed by atoms with van der Waals surface area (Å²) < 4.78 is 0. The summed E-state index contributed by atoms with van der Waals surface area (Å²) in [5, 5.41) is 5.76. The monoisotopic (exact) mass is 348 g/mol. The van der Waals surface area contributed by atoms with Crippen molar-refractivity contribution in [2.24, 2.45) is 21.7 Å². The summed E-state index contributed by atoms with van der Waals surface area (Å²) in [6.45, 7) is 18.8. The number of urea groups is 1. The predicted octanol–water partition coefficient (Wildman–Crippen LogP) is 3.77. The van der Waals surface area contributed by atoms with Crippen molar-refractivity contribution in [1.82, 2.24) is 15.5 Å². The average molecular weight is 349 g/mol. The molecule has 0 aromatic heterocycles. The van der Waals surface area contributed by atoms with E-state index in [0.717, 1.165) is 18.8 Å². The number of hydrogen-bond acceptors (Lipinski definition) is 3. The lowest BCUT2D eigenvalue weighted by Crippen LogP contribution is -2.46. The first kappa shape index (κ1) is 19.8. The van der Waals surface area contributed by atoms with Gasteiger partial charge in [0.25, 0.3) is 0 Å². The maximum absolute atomic E-state index is 11.8. The first-order valence-corrected chi connectivity index (χ1v) is 9.43. The molecule has 142 valence electrons. The molecule has 2 atom stereocenters. The highest BCUT2D eigenvalue weighted by Gasteiger charge is 2.44. The van der Waals surface area contributed by atoms with E-state index in [2.05, 4.69) is 70.9 Å². The fraction of sp³-hybridized carbons (Fsp3) is 0.800. The molecule has 1 fully saturated rings. The number of fused-ring (bicyclic) bond motifs is 1. The molecule has 2 aliphatic heterocycles. The summed E-state index contributed by atoms with van der Waals surface area (Å²) >= 11 is 0. The normalized spacial score (nSPS) is 24.4. The standard InChI is InChI=1S/C20H36N4O/c1-12(2)16-15(19(3,4)5)14-10-13(22-18(25)21-9)11-24(14)17(23-16)20(6,7)8/h12-13,16H,10-11H2,1-9H3,(H2,21,22,25)/t13-,16-/m0/s1. The minimum Gasteiger partial charge on any atom is -0.341 e. The van der Waals surface area contributed by atoms with Crippen LogP contribution in [-0.2, 0) is 0 Å². The summed E-state index contributed by atoms with van der Waals surface area (Å²) in [5.41, 5.74) is 2.82. The zero-order valence-electron chi connectivity index (χ0n) is 17.4. The number of carbonyl (C=O) groups is 1. The minimum absolute atomic E-state index is 0.0241. The largest absolute Gasteiger partial charge is 0.341 e. The number of amides is 2. The molecule has 2 heterocycles. The van der Waals surface area contributed by atoms with Crippen LogP contribution in [0.3, 0.4) is 0 Å². The van der Waals surface area contributed by atoms with Crippen molar-refractivity contribution in [3.05, 3.63) is 11.3 Å². The lowest BCUT2D eigenvalue weighted by Gasteiger charge is -2.43. The number of aliphatic imine (C=N–C) groups is 1. The van der Waals surface area contributed by atoms with Crippen molar-refractivity contribution in [1.29, 1.82) is 0 Å². The molecule has 5 nitrogen and oxygen atoms in total. The van der Waals surface area contributed by atoms with Crippen molar-refractivity contribution in [3.8, 4) is 0 Å². The van der Waals surface area contributed by atoms with Crippen LogP contribution in [0.4, 0.5) is 4.79 Å². The molecule has 2 N–H and O–H groups in total. The summed E-state index contributed by atoms with van der Waals surface area (Å²) in [4.78, 5) is 19.4. The Labute approximate surface area is 153 Å². The number of amidine groups is 1. The van der Waals surface area contributed by atoms with Crippen molar-refractivity contribution in [3.63, 3.8) is 0 Å². The highest BCUT2D eigenvalue weighted by Crippen LogP contribution is 2.44. The SMILES string of the molecule is CNC(=O)N[C@H]1CC2=C(C(C)(C)C)[C@H](C(C)C)N=C(C(C)(C)C)N2C1. The summed E-state index contributed by atoms with van der Waals surface area (Å²) in [6, 6.07) is 0.211. The lowest BCUT2D eigenvalue weighted by atomic mass is 9.75. The molecule has 5 heteroatoms. The van der Waals surface area contributed by atoms with Crippen LogP contribution in [0, 0.1) is 16.7 Å². The van der Waals surface area contributed by atoms with Crippen molar-refractivity contribution < 1.29 is 4.79 Å². The number of hydrogen-bond donors (Lipinski definition) is 2. The smallest absolute Gasteiger partial charge is 0.314 e. The van der Waals surface area contributed by atoms with Crippen LogP contribution < -0.4 is 10.6 Å². The van der Waals surface area contributed by atoms with Crippen LogP contribution in [0.15, 0.2) is 16.3 Å². The van der Waals surface area contributed by atoms with Gasteiger partial charge in [0.2, 0.25) is 0 Å². The Bertz CT molecular complexity index is 590. The zero-order valence-corrected chi connectivity index (χ0v) is 17.4. The average Bonchev–Trinajstić information content (AvgIpc) is 2.85. The van der Waals surface area contributed by atoms with Crippen LogP contribution in [0.2, 0.25) is 0 Å². The number of nitrogens with one attached hydrogen (secondary N) is 2. The first-order chi connectivity index (χ1) is 11.4. The van der Waals surface area contributed by atoms with E-state index in [4.69, 9.17) is 4.99 Å². The Morgan fingerprint density at radius 3 is 2.20 bits per heavy atom. The second kappa shape index (κ2) is 6.65. The van der Waals surface area contributed by atoms with Crippen LogP contribution in [0.1, 0.15) is 61.8 Å². The van der Waals surface area contributed by atoms with E-state index in [-0.39, 0.29) is 28.9 Å². The fourth-order valence-corrected chi connectivity index (χ4v) is 3.96. The van der Waals surface area contributed by atoms with Gasteiger partial charge >= 0.3 is 6.03 Å². The van der Waals surface area contributed by atoms with Crippen LogP contribution >= 0.6 is 0 Å². The summed E-state index contributed by atoms with van der Waals surface area (Å²) in [6.07, 6.45) is 0.873. The Balaban J connectivity index is 2.52. The maximum atomic E-state index is 11.8. The van der Waals surface area contributed by atoms with Gasteiger partial charge in [-0.1, -0.05) is 55.4 Å². The van der Waals surface area contributed by atoms with Gasteiger partial charge in [0, 0.05) is 31.1 Å². The molecule has 25 heavy (non-hydrogen) atoms. The first-order valence-electron chi connectivity index (χ1n) is 9.43. The third-order valence-corrected chi connectivity index (χ3v) is 4.96. The van der Waals surface area contributed by atoms with Crippen molar-refractivity contribution >= 4 is 11.9 Å². The second-order valence-electron chi connectivity index (χ2n) is 9.74. The third kappa shape index (κ3) is 4.01. The van der Waals surface area contributed by atoms with E-state index < -0.39 is 0 Å². The molecular weight excluding hydrogens is 312 g/mol. The second-order valence-corrected chi connectivity index (χ2v) is 9.74. The van der Waals surface area contributed by atoms with Crippen LogP contribution in [-0.4, -0.2) is 42.4 Å². The summed E-state index contributed by atoms with van der Waals surface area (Å²) in [7, 11) is 1.66. The van der Waals surface area contributed by atoms with Gasteiger partial charge in [-0.15, -0.1) is 0 Å². The lowest BCUT2D eigenvalue weighted by molar-refractivity contribution is 0.239. The van der Waals surface area contributed by atoms with Gasteiger partial charge in [-0.2, -0.15) is 0 Å². The molecule has 2 aliphatic rings. The Morgan fingerprint density at radius 1 is 1.16 bits per heavy atom. The molecule has 0 spiro atoms. The maximum Gasteiger partial charge on any atom is 0.314 e. The summed E-state index contributed by atoms with van der Waals surface area (Å²) in [5.74, 6) is 1.60. The van der Waals surface area contributed by atoms with Gasteiger partial charge in [-0.05, 0) is 16.9 Å². The molecule has 0 aromatic carbocycles. The highest BCUT2D eigenvalue weighted by molar-refractivity contribution is 5.91. The van der Waals surface area contributed by atoms with E-state index in [1.165, 1.54) is 11.3 Å². The molecule has 0 radical (unpaired) electrons. The molecule has 0 saturated carbocycles. The molecule has 0 aromatic rings. The van der Waals surface area contributed by atoms with E-state index in [1.807, 2.05) is 0 Å². The van der Waals surface area contributed by atoms with Gasteiger partial charge in [-0.3, -0.25) is 4.99 Å². The number of rotatable bonds is 2. The molecule has 0 unspecified atom stereocenters. The quantitative estimate of drug-likeness (QED) is 0.798. The topological polar surface area (TPSA) is 56.7 Å². The molecule has 2 amide bonds. The van der Waals surface area contributed by atoms with Gasteiger partial charge in [0.1, 0.15) is 5.84 Å². The zero-order chi connectivity index (χ0) is 19.2. The molecule has 1 saturated heterocycles. The fourth-order valence-electron chi connectivity index (χ4n) is 3.96. The molecule has 0 bridgehead atoms. The van der Waals surface area contributed by atoms with Gasteiger partial charge in [-0.25, -0.2) is 4.79 Å². The number of nitrogens with zero attached hydrogens (tertiary/aromatic N) is 2. The van der Waals surface area contributed by atoms with Gasteiger partial charge < -0.3 is 15.5 Å². The van der Waals surface area contributed by atoms with Crippen LogP contribution in [0.25, 0.3) is 0 Å². The molecule has 0 aliphatic carbocycles. The van der Waals surface area contributed by atoms with Crippen molar-refractivity contribution in [2.75, 3.05) is 13.6 Å². The third-order valence-electron chi connectivity index (χ3n) is 4.96. The van der Waals surface area contributed by atoms with Gasteiger partial charge in [0.15, 0.2) is 0 Å². The van der Waals surface area contributed by atoms with E-state index in [0.29, 0.717) is 5.92 Å². The number of carbonyl (C=O) groups excluding carboxylic acids is 1. The Kier molecular flexibility index (Phi) is 5.27.